The molecule has 0 aliphatic heterocycles. The van der Waals surface area contributed by atoms with Gasteiger partial charge in [0.2, 0.25) is 0 Å². The average molecular weight is 485 g/mol. The quantitative estimate of drug-likeness (QED) is 0.312. The molecule has 0 radical (unpaired) electrons. The summed E-state index contributed by atoms with van der Waals surface area (Å²) in [4.78, 5) is 33.3. The first kappa shape index (κ1) is 24.3. The van der Waals surface area contributed by atoms with Crippen molar-refractivity contribution in [3.63, 3.8) is 0 Å². The normalized spacial score (nSPS) is 10.8. The van der Waals surface area contributed by atoms with E-state index in [-0.39, 0.29) is 11.8 Å². The highest BCUT2D eigenvalue weighted by molar-refractivity contribution is 7.17. The smallest absolute Gasteiger partial charge is 0.261 e. The average Bonchev–Trinajstić information content (AvgIpc) is 3.38. The van der Waals surface area contributed by atoms with E-state index in [1.165, 1.54) is 11.3 Å². The van der Waals surface area contributed by atoms with E-state index in [0.717, 1.165) is 34.5 Å². The van der Waals surface area contributed by atoms with Crippen LogP contribution in [-0.2, 0) is 0 Å². The van der Waals surface area contributed by atoms with Gasteiger partial charge >= 0.3 is 0 Å². The van der Waals surface area contributed by atoms with Gasteiger partial charge < -0.3 is 15.5 Å². The van der Waals surface area contributed by atoms with Gasteiger partial charge in [0, 0.05) is 40.6 Å². The van der Waals surface area contributed by atoms with Gasteiger partial charge in [0.1, 0.15) is 0 Å². The molecule has 35 heavy (non-hydrogen) atoms. The maximum atomic E-state index is 12.9. The van der Waals surface area contributed by atoms with Gasteiger partial charge in [0.25, 0.3) is 11.8 Å². The number of carbonyl (C=O) groups excluding carboxylic acids is 2. The number of hydrogen-bond donors (Lipinski definition) is 2. The highest BCUT2D eigenvalue weighted by Gasteiger charge is 2.12. The highest BCUT2D eigenvalue weighted by atomic mass is 32.1. The fourth-order valence-electron chi connectivity index (χ4n) is 3.63. The van der Waals surface area contributed by atoms with Crippen molar-refractivity contribution in [2.45, 2.75) is 6.42 Å². The molecule has 2 N–H and O–H groups in total. The number of thiophene rings is 1. The predicted molar refractivity (Wildman–Crippen MR) is 143 cm³/mol. The van der Waals surface area contributed by atoms with E-state index in [1.807, 2.05) is 80.8 Å². The zero-order valence-corrected chi connectivity index (χ0v) is 20.6. The number of anilines is 1. The third kappa shape index (κ3) is 6.62. The fraction of sp³-hybridized carbons (Fsp3) is 0.179. The molecule has 0 aliphatic carbocycles. The molecule has 0 saturated carbocycles. The zero-order chi connectivity index (χ0) is 24.6. The molecule has 2 aromatic heterocycles. The van der Waals surface area contributed by atoms with Crippen LogP contribution in [0.1, 0.15) is 26.5 Å². The summed E-state index contributed by atoms with van der Waals surface area (Å²) < 4.78 is 0. The van der Waals surface area contributed by atoms with Crippen LogP contribution in [0.15, 0.2) is 85.2 Å². The van der Waals surface area contributed by atoms with Crippen molar-refractivity contribution in [3.8, 4) is 21.6 Å². The molecule has 2 amide bonds. The van der Waals surface area contributed by atoms with Crippen LogP contribution >= 0.6 is 11.3 Å². The Labute approximate surface area is 209 Å². The van der Waals surface area contributed by atoms with E-state index in [1.54, 1.807) is 18.5 Å². The Morgan fingerprint density at radius 3 is 2.49 bits per heavy atom. The van der Waals surface area contributed by atoms with Gasteiger partial charge in [-0.15, -0.1) is 11.3 Å². The summed E-state index contributed by atoms with van der Waals surface area (Å²) in [6.45, 7) is 1.58. The second-order valence-electron chi connectivity index (χ2n) is 8.43. The van der Waals surface area contributed by atoms with Crippen LogP contribution in [0.5, 0.6) is 0 Å². The Balaban J connectivity index is 1.42. The maximum Gasteiger partial charge on any atom is 0.261 e. The molecular weight excluding hydrogens is 456 g/mol. The number of nitrogens with one attached hydrogen (secondary N) is 2. The molecule has 178 valence electrons. The minimum Gasteiger partial charge on any atom is -0.351 e. The third-order valence-electron chi connectivity index (χ3n) is 5.42. The number of nitrogens with zero attached hydrogens (tertiary/aromatic N) is 2. The van der Waals surface area contributed by atoms with Crippen LogP contribution < -0.4 is 10.6 Å². The molecule has 6 nitrogen and oxygen atoms in total. The Kier molecular flexibility index (Phi) is 8.03. The molecule has 0 aliphatic rings. The first-order chi connectivity index (χ1) is 17.0. The first-order valence-electron chi connectivity index (χ1n) is 11.4. The lowest BCUT2D eigenvalue weighted by atomic mass is 10.0. The lowest BCUT2D eigenvalue weighted by molar-refractivity contribution is 0.0955. The number of rotatable bonds is 9. The summed E-state index contributed by atoms with van der Waals surface area (Å²) in [6, 6.07) is 22.8. The first-order valence-corrected chi connectivity index (χ1v) is 12.3. The number of amides is 2. The minimum atomic E-state index is -0.183. The Morgan fingerprint density at radius 2 is 1.69 bits per heavy atom. The van der Waals surface area contributed by atoms with E-state index >= 15 is 0 Å². The van der Waals surface area contributed by atoms with E-state index in [4.69, 9.17) is 0 Å². The second kappa shape index (κ2) is 11.6. The van der Waals surface area contributed by atoms with Gasteiger partial charge in [-0.2, -0.15) is 0 Å². The Morgan fingerprint density at radius 1 is 0.886 bits per heavy atom. The molecule has 4 aromatic rings. The summed E-state index contributed by atoms with van der Waals surface area (Å²) in [5.41, 5.74) is 4.11. The molecule has 7 heteroatoms. The van der Waals surface area contributed by atoms with Crippen molar-refractivity contribution >= 4 is 28.8 Å². The summed E-state index contributed by atoms with van der Waals surface area (Å²) in [7, 11) is 4.03. The van der Waals surface area contributed by atoms with E-state index in [0.29, 0.717) is 22.7 Å². The van der Waals surface area contributed by atoms with Gasteiger partial charge in [-0.3, -0.25) is 14.6 Å². The van der Waals surface area contributed by atoms with Gasteiger partial charge in [-0.25, -0.2) is 0 Å². The lowest BCUT2D eigenvalue weighted by Gasteiger charge is -2.09. The number of benzene rings is 2. The molecular formula is C28H28N4O2S. The van der Waals surface area contributed by atoms with Crippen molar-refractivity contribution in [2.24, 2.45) is 0 Å². The van der Waals surface area contributed by atoms with Crippen LogP contribution in [0, 0.1) is 0 Å². The summed E-state index contributed by atoms with van der Waals surface area (Å²) in [5.74, 6) is -0.241. The number of hydrogen-bond acceptors (Lipinski definition) is 5. The van der Waals surface area contributed by atoms with Gasteiger partial charge in [0.15, 0.2) is 0 Å². The monoisotopic (exact) mass is 484 g/mol. The molecule has 0 unspecified atom stereocenters. The molecule has 2 heterocycles. The highest BCUT2D eigenvalue weighted by Crippen LogP contribution is 2.30. The maximum absolute atomic E-state index is 12.9. The zero-order valence-electron chi connectivity index (χ0n) is 19.8. The van der Waals surface area contributed by atoms with Crippen molar-refractivity contribution in [3.05, 3.63) is 95.6 Å². The molecule has 0 bridgehead atoms. The largest absolute Gasteiger partial charge is 0.351 e. The van der Waals surface area contributed by atoms with Crippen LogP contribution in [0.4, 0.5) is 5.69 Å². The summed E-state index contributed by atoms with van der Waals surface area (Å²) >= 11 is 1.44. The minimum absolute atomic E-state index is 0.0574. The molecule has 0 spiro atoms. The molecule has 0 fully saturated rings. The van der Waals surface area contributed by atoms with Crippen molar-refractivity contribution in [2.75, 3.05) is 32.5 Å². The van der Waals surface area contributed by atoms with Gasteiger partial charge in [0.05, 0.1) is 4.88 Å². The number of aromatic nitrogens is 1. The van der Waals surface area contributed by atoms with Crippen molar-refractivity contribution < 1.29 is 9.59 Å². The van der Waals surface area contributed by atoms with Gasteiger partial charge in [-0.1, -0.05) is 30.3 Å². The van der Waals surface area contributed by atoms with Crippen molar-refractivity contribution in [1.82, 2.24) is 15.2 Å². The third-order valence-corrected chi connectivity index (χ3v) is 6.56. The number of pyridine rings is 1. The molecule has 2 aromatic carbocycles. The lowest BCUT2D eigenvalue weighted by Crippen LogP contribution is -2.26. The molecule has 0 saturated heterocycles. The molecule has 0 atom stereocenters. The standard InChI is InChI=1S/C28H28N4O2S/c1-32(2)16-6-15-30-28(34)26-13-12-25(35-26)21-8-4-11-24(18-21)31-27(33)22-9-3-7-20(17-22)23-10-5-14-29-19-23/h3-5,7-14,17-19H,6,15-16H2,1-2H3,(H,30,34)(H,31,33). The Bertz CT molecular complexity index is 1300. The SMILES string of the molecule is CN(C)CCCNC(=O)c1ccc(-c2cccc(NC(=O)c3cccc(-c4cccnc4)c3)c2)s1. The van der Waals surface area contributed by atoms with E-state index in [9.17, 15) is 9.59 Å². The van der Waals surface area contributed by atoms with Gasteiger partial charge in [-0.05, 0) is 80.7 Å². The molecule has 4 rings (SSSR count). The number of carbonyl (C=O) groups is 2. The van der Waals surface area contributed by atoms with E-state index < -0.39 is 0 Å². The van der Waals surface area contributed by atoms with E-state index in [2.05, 4.69) is 20.5 Å². The topological polar surface area (TPSA) is 74.3 Å². The second-order valence-corrected chi connectivity index (χ2v) is 9.52. The van der Waals surface area contributed by atoms with Crippen LogP contribution in [-0.4, -0.2) is 48.9 Å². The summed E-state index contributed by atoms with van der Waals surface area (Å²) in [5, 5.41) is 5.96. The van der Waals surface area contributed by atoms with Crippen LogP contribution in [0.25, 0.3) is 21.6 Å². The Hall–Kier alpha value is -3.81. The van der Waals surface area contributed by atoms with Crippen LogP contribution in [0.3, 0.4) is 0 Å². The van der Waals surface area contributed by atoms with Crippen LogP contribution in [0.2, 0.25) is 0 Å². The fourth-order valence-corrected chi connectivity index (χ4v) is 4.55. The van der Waals surface area contributed by atoms with Crippen molar-refractivity contribution in [1.29, 1.82) is 0 Å². The summed E-state index contributed by atoms with van der Waals surface area (Å²) in [6.07, 6.45) is 4.41. The predicted octanol–water partition coefficient (Wildman–Crippen LogP) is 5.41.